The molecule has 0 aromatic heterocycles. The third-order valence-corrected chi connectivity index (χ3v) is 11.7. The van der Waals surface area contributed by atoms with E-state index in [2.05, 4.69) is 135 Å². The van der Waals surface area contributed by atoms with Gasteiger partial charge in [-0.15, -0.1) is 0 Å². The van der Waals surface area contributed by atoms with Crippen LogP contribution in [-0.2, 0) is 6.42 Å². The van der Waals surface area contributed by atoms with E-state index in [4.69, 9.17) is 0 Å². The van der Waals surface area contributed by atoms with Crippen molar-refractivity contribution in [3.05, 3.63) is 212 Å². The molecule has 0 saturated carbocycles. The first-order valence-electron chi connectivity index (χ1n) is 21.6. The van der Waals surface area contributed by atoms with Crippen molar-refractivity contribution >= 4 is 0 Å². The van der Waals surface area contributed by atoms with Crippen molar-refractivity contribution in [3.63, 3.8) is 0 Å². The molecule has 0 saturated heterocycles. The van der Waals surface area contributed by atoms with E-state index < -0.39 is 0 Å². The molecular weight excluding hydrogens is 773 g/mol. The monoisotopic (exact) mass is 830 g/mol. The van der Waals surface area contributed by atoms with E-state index in [0.717, 1.165) is 66.8 Å². The van der Waals surface area contributed by atoms with Gasteiger partial charge in [0.15, 0.2) is 0 Å². The van der Waals surface area contributed by atoms with Crippen molar-refractivity contribution in [3.8, 4) is 67.5 Å². The highest BCUT2D eigenvalue weighted by atomic mass is 16.3. The van der Waals surface area contributed by atoms with Gasteiger partial charge < -0.3 is 20.4 Å². The van der Waals surface area contributed by atoms with Crippen LogP contribution >= 0.6 is 0 Å². The van der Waals surface area contributed by atoms with E-state index in [-0.39, 0.29) is 28.9 Å². The van der Waals surface area contributed by atoms with Gasteiger partial charge in [0.2, 0.25) is 0 Å². The molecule has 0 aliphatic carbocycles. The minimum Gasteiger partial charge on any atom is -0.508 e. The molecule has 8 aromatic rings. The highest BCUT2D eigenvalue weighted by molar-refractivity contribution is 5.77. The summed E-state index contributed by atoms with van der Waals surface area (Å²) in [6.07, 6.45) is 0.700. The van der Waals surface area contributed by atoms with Gasteiger partial charge in [-0.3, -0.25) is 0 Å². The molecule has 0 spiro atoms. The Morgan fingerprint density at radius 1 is 0.302 bits per heavy atom. The van der Waals surface area contributed by atoms with Gasteiger partial charge in [-0.05, 0) is 177 Å². The minimum atomic E-state index is 0.0582. The standard InChI is InChI=1S/C30H30O2.C29H28O2/c1-18-10-19(2)13-23(12-18)29-16-25(31)6-8-27(29)22(5)28-9-7-26(32)17-30(28)24-14-20(3)11-21(4)15-24;1-18-9-19(2)12-24(11-18)28-16-26(30)7-5-22(28)15-23-6-8-27(31)17-29(23)25-13-20(3)10-21(4)14-25/h6-17,22,31-32H,1-5H3;5-14,16-17,30-31H,15H2,1-4H3. The molecule has 0 unspecified atom stereocenters. The Labute approximate surface area is 373 Å². The summed E-state index contributed by atoms with van der Waals surface area (Å²) in [4.78, 5) is 0. The number of aromatic hydroxyl groups is 4. The number of aryl methyl sites for hydroxylation is 8. The number of phenolic OH excluding ortho intramolecular Hbond substituents is 4. The molecule has 4 nitrogen and oxygen atoms in total. The fraction of sp³-hybridized carbons (Fsp3) is 0.186. The summed E-state index contributed by atoms with van der Waals surface area (Å²) < 4.78 is 0. The number of hydrogen-bond donors (Lipinski definition) is 4. The maximum Gasteiger partial charge on any atom is 0.116 e. The maximum atomic E-state index is 10.3. The van der Waals surface area contributed by atoms with Crippen molar-refractivity contribution in [1.82, 2.24) is 0 Å². The van der Waals surface area contributed by atoms with Gasteiger partial charge >= 0.3 is 0 Å². The molecular formula is C59H58O4. The van der Waals surface area contributed by atoms with E-state index in [1.807, 2.05) is 48.5 Å². The van der Waals surface area contributed by atoms with Crippen LogP contribution in [0.5, 0.6) is 23.0 Å². The lowest BCUT2D eigenvalue weighted by Crippen LogP contribution is -2.02. The summed E-state index contributed by atoms with van der Waals surface area (Å²) in [5.41, 5.74) is 22.7. The lowest BCUT2D eigenvalue weighted by atomic mass is 9.82. The van der Waals surface area contributed by atoms with E-state index in [1.165, 1.54) is 44.5 Å². The molecule has 0 bridgehead atoms. The molecule has 0 radical (unpaired) electrons. The van der Waals surface area contributed by atoms with E-state index in [1.54, 1.807) is 24.3 Å². The molecule has 0 fully saturated rings. The van der Waals surface area contributed by atoms with Crippen LogP contribution < -0.4 is 0 Å². The molecule has 8 aromatic carbocycles. The lowest BCUT2D eigenvalue weighted by molar-refractivity contribution is 0.474. The highest BCUT2D eigenvalue weighted by Crippen LogP contribution is 2.41. The second-order valence-corrected chi connectivity index (χ2v) is 17.6. The zero-order chi connectivity index (χ0) is 45.1. The van der Waals surface area contributed by atoms with Gasteiger partial charge in [0.1, 0.15) is 23.0 Å². The second kappa shape index (κ2) is 18.5. The predicted molar refractivity (Wildman–Crippen MR) is 262 cm³/mol. The molecule has 63 heavy (non-hydrogen) atoms. The molecule has 0 heterocycles. The van der Waals surface area contributed by atoms with Crippen molar-refractivity contribution in [2.75, 3.05) is 0 Å². The smallest absolute Gasteiger partial charge is 0.116 e. The van der Waals surface area contributed by atoms with Crippen molar-refractivity contribution in [2.24, 2.45) is 0 Å². The van der Waals surface area contributed by atoms with Crippen LogP contribution in [0.4, 0.5) is 0 Å². The normalized spacial score (nSPS) is 11.1. The molecule has 318 valence electrons. The summed E-state index contributed by atoms with van der Waals surface area (Å²) in [6, 6.07) is 48.4. The van der Waals surface area contributed by atoms with Gasteiger partial charge in [-0.2, -0.15) is 0 Å². The third kappa shape index (κ3) is 10.5. The van der Waals surface area contributed by atoms with Gasteiger partial charge in [0, 0.05) is 5.92 Å². The Bertz CT molecular complexity index is 2690. The first-order chi connectivity index (χ1) is 30.0. The van der Waals surface area contributed by atoms with Crippen molar-refractivity contribution in [2.45, 2.75) is 74.7 Å². The maximum absolute atomic E-state index is 10.3. The van der Waals surface area contributed by atoms with Crippen LogP contribution in [0.3, 0.4) is 0 Å². The first-order valence-corrected chi connectivity index (χ1v) is 21.6. The fourth-order valence-electron chi connectivity index (χ4n) is 9.21. The molecule has 4 N–H and O–H groups in total. The fourth-order valence-corrected chi connectivity index (χ4v) is 9.21. The van der Waals surface area contributed by atoms with Gasteiger partial charge in [0.25, 0.3) is 0 Å². The number of benzene rings is 8. The van der Waals surface area contributed by atoms with E-state index >= 15 is 0 Å². The summed E-state index contributed by atoms with van der Waals surface area (Å²) >= 11 is 0. The van der Waals surface area contributed by atoms with Gasteiger partial charge in [-0.1, -0.05) is 148 Å². The Hall–Kier alpha value is -7.04. The molecule has 4 heteroatoms. The summed E-state index contributed by atoms with van der Waals surface area (Å²) in [7, 11) is 0. The van der Waals surface area contributed by atoms with Crippen molar-refractivity contribution < 1.29 is 20.4 Å². The largest absolute Gasteiger partial charge is 0.508 e. The zero-order valence-corrected chi connectivity index (χ0v) is 37.9. The van der Waals surface area contributed by atoms with Crippen LogP contribution in [0, 0.1) is 55.4 Å². The SMILES string of the molecule is Cc1cc(C)cc(-c2cc(O)ccc2C(C)c2ccc(O)cc2-c2cc(C)cc(C)c2)c1.Cc1cc(C)cc(-c2cc(O)ccc2Cc2ccc(O)cc2-c2cc(C)cc(C)c2)c1. The Kier molecular flexibility index (Phi) is 12.9. The summed E-state index contributed by atoms with van der Waals surface area (Å²) in [5, 5.41) is 41.0. The first kappa shape index (κ1) is 44.0. The van der Waals surface area contributed by atoms with Crippen LogP contribution in [0.15, 0.2) is 146 Å². The van der Waals surface area contributed by atoms with Crippen LogP contribution in [0.2, 0.25) is 0 Å². The average molecular weight is 831 g/mol. The van der Waals surface area contributed by atoms with Gasteiger partial charge in [-0.25, -0.2) is 0 Å². The lowest BCUT2D eigenvalue weighted by Gasteiger charge is -2.22. The van der Waals surface area contributed by atoms with Crippen LogP contribution in [0.25, 0.3) is 44.5 Å². The average Bonchev–Trinajstić information content (AvgIpc) is 3.20. The summed E-state index contributed by atoms with van der Waals surface area (Å²) in [6.45, 7) is 19.0. The topological polar surface area (TPSA) is 80.9 Å². The Morgan fingerprint density at radius 2 is 0.540 bits per heavy atom. The molecule has 0 aliphatic heterocycles. The summed E-state index contributed by atoms with van der Waals surface area (Å²) in [5.74, 6) is 1.10. The van der Waals surface area contributed by atoms with Crippen LogP contribution in [-0.4, -0.2) is 20.4 Å². The number of rotatable bonds is 8. The quantitative estimate of drug-likeness (QED) is 0.123. The number of hydrogen-bond acceptors (Lipinski definition) is 4. The van der Waals surface area contributed by atoms with E-state index in [9.17, 15) is 20.4 Å². The van der Waals surface area contributed by atoms with Gasteiger partial charge in [0.05, 0.1) is 0 Å². The second-order valence-electron chi connectivity index (χ2n) is 17.6. The predicted octanol–water partition coefficient (Wildman–Crippen LogP) is 15.1. The highest BCUT2D eigenvalue weighted by Gasteiger charge is 2.20. The Morgan fingerprint density at radius 3 is 0.825 bits per heavy atom. The third-order valence-electron chi connectivity index (χ3n) is 11.7. The van der Waals surface area contributed by atoms with Crippen LogP contribution in [0.1, 0.15) is 79.6 Å². The van der Waals surface area contributed by atoms with E-state index in [0.29, 0.717) is 6.42 Å². The Balaban J connectivity index is 0.000000189. The molecule has 0 atom stereocenters. The van der Waals surface area contributed by atoms with Crippen molar-refractivity contribution in [1.29, 1.82) is 0 Å². The minimum absolute atomic E-state index is 0.0582. The molecule has 8 rings (SSSR count). The zero-order valence-electron chi connectivity index (χ0n) is 37.9. The number of phenols is 4. The molecule has 0 aliphatic rings. The molecule has 0 amide bonds.